The van der Waals surface area contributed by atoms with Crippen LogP contribution in [0, 0.1) is 12.3 Å². The van der Waals surface area contributed by atoms with Crippen molar-refractivity contribution < 1.29 is 4.42 Å². The molecule has 14 heavy (non-hydrogen) atoms. The van der Waals surface area contributed by atoms with Crippen LogP contribution in [0.25, 0.3) is 0 Å². The standard InChI is InChI=1S/C12H21NO/c1-9-5-6-11(14-9)10(8-13)7-12(2,3)4/h5-6,10H,7-8,13H2,1-4H3. The summed E-state index contributed by atoms with van der Waals surface area (Å²) >= 11 is 0. The summed E-state index contributed by atoms with van der Waals surface area (Å²) in [5.74, 6) is 2.34. The van der Waals surface area contributed by atoms with Crippen LogP contribution in [0.3, 0.4) is 0 Å². The van der Waals surface area contributed by atoms with Crippen LogP contribution in [0.1, 0.15) is 44.6 Å². The fraction of sp³-hybridized carbons (Fsp3) is 0.667. The summed E-state index contributed by atoms with van der Waals surface area (Å²) in [6.07, 6.45) is 1.07. The first kappa shape index (κ1) is 11.3. The van der Waals surface area contributed by atoms with E-state index >= 15 is 0 Å². The molecule has 2 heteroatoms. The Hall–Kier alpha value is -0.760. The lowest BCUT2D eigenvalue weighted by molar-refractivity contribution is 0.313. The van der Waals surface area contributed by atoms with Crippen LogP contribution in [0.2, 0.25) is 0 Å². The van der Waals surface area contributed by atoms with E-state index in [-0.39, 0.29) is 0 Å². The molecule has 0 bridgehead atoms. The molecule has 1 rings (SSSR count). The molecule has 2 N–H and O–H groups in total. The highest BCUT2D eigenvalue weighted by Gasteiger charge is 2.21. The van der Waals surface area contributed by atoms with Crippen molar-refractivity contribution in [3.8, 4) is 0 Å². The van der Waals surface area contributed by atoms with Crippen molar-refractivity contribution >= 4 is 0 Å². The molecule has 1 aromatic rings. The van der Waals surface area contributed by atoms with Gasteiger partial charge in [0, 0.05) is 12.5 Å². The van der Waals surface area contributed by atoms with Crippen molar-refractivity contribution in [1.82, 2.24) is 0 Å². The predicted octanol–water partition coefficient (Wildman–Crippen LogP) is 3.07. The number of furan rings is 1. The molecule has 0 saturated heterocycles. The maximum absolute atomic E-state index is 5.76. The van der Waals surface area contributed by atoms with Gasteiger partial charge in [-0.25, -0.2) is 0 Å². The molecule has 1 unspecified atom stereocenters. The smallest absolute Gasteiger partial charge is 0.108 e. The molecule has 0 aliphatic heterocycles. The second kappa shape index (κ2) is 4.18. The Morgan fingerprint density at radius 3 is 2.36 bits per heavy atom. The second-order valence-electron chi connectivity index (χ2n) is 5.15. The van der Waals surface area contributed by atoms with Gasteiger partial charge in [-0.3, -0.25) is 0 Å². The van der Waals surface area contributed by atoms with Crippen LogP contribution in [-0.4, -0.2) is 6.54 Å². The third-order valence-electron chi connectivity index (χ3n) is 2.31. The average molecular weight is 195 g/mol. The molecule has 0 aliphatic rings. The number of hydrogen-bond acceptors (Lipinski definition) is 2. The van der Waals surface area contributed by atoms with Gasteiger partial charge in [-0.1, -0.05) is 20.8 Å². The number of aryl methyl sites for hydroxylation is 1. The van der Waals surface area contributed by atoms with E-state index < -0.39 is 0 Å². The Balaban J connectivity index is 2.72. The van der Waals surface area contributed by atoms with Gasteiger partial charge in [0.2, 0.25) is 0 Å². The van der Waals surface area contributed by atoms with Crippen LogP contribution in [0.4, 0.5) is 0 Å². The molecule has 0 radical (unpaired) electrons. The number of rotatable bonds is 3. The first-order valence-corrected chi connectivity index (χ1v) is 5.19. The van der Waals surface area contributed by atoms with Crippen molar-refractivity contribution in [3.05, 3.63) is 23.7 Å². The quantitative estimate of drug-likeness (QED) is 0.805. The summed E-state index contributed by atoms with van der Waals surface area (Å²) in [5.41, 5.74) is 6.06. The Morgan fingerprint density at radius 2 is 2.00 bits per heavy atom. The molecule has 0 saturated carbocycles. The normalized spacial score (nSPS) is 14.4. The third kappa shape index (κ3) is 3.18. The van der Waals surface area contributed by atoms with Crippen molar-refractivity contribution in [2.24, 2.45) is 11.1 Å². The van der Waals surface area contributed by atoms with E-state index in [9.17, 15) is 0 Å². The Morgan fingerprint density at radius 1 is 1.36 bits per heavy atom. The summed E-state index contributed by atoms with van der Waals surface area (Å²) in [6.45, 7) is 9.31. The Bertz CT molecular complexity index is 283. The molecule has 0 amide bonds. The van der Waals surface area contributed by atoms with Gasteiger partial charge in [0.1, 0.15) is 11.5 Å². The van der Waals surface area contributed by atoms with Gasteiger partial charge in [0.25, 0.3) is 0 Å². The molecule has 80 valence electrons. The molecule has 1 heterocycles. The van der Waals surface area contributed by atoms with Crippen LogP contribution in [0.15, 0.2) is 16.5 Å². The lowest BCUT2D eigenvalue weighted by atomic mass is 9.83. The molecule has 0 spiro atoms. The molecule has 1 atom stereocenters. The summed E-state index contributed by atoms with van der Waals surface area (Å²) in [4.78, 5) is 0. The summed E-state index contributed by atoms with van der Waals surface area (Å²) in [6, 6.07) is 4.04. The van der Waals surface area contributed by atoms with E-state index in [1.165, 1.54) is 0 Å². The lowest BCUT2D eigenvalue weighted by Crippen LogP contribution is -2.18. The molecule has 0 aliphatic carbocycles. The van der Waals surface area contributed by atoms with Crippen LogP contribution in [0.5, 0.6) is 0 Å². The zero-order valence-corrected chi connectivity index (χ0v) is 9.63. The van der Waals surface area contributed by atoms with Crippen molar-refractivity contribution in [2.75, 3.05) is 6.54 Å². The number of nitrogens with two attached hydrogens (primary N) is 1. The first-order chi connectivity index (χ1) is 6.42. The zero-order chi connectivity index (χ0) is 10.8. The molecule has 0 fully saturated rings. The van der Waals surface area contributed by atoms with E-state index in [4.69, 9.17) is 10.2 Å². The highest BCUT2D eigenvalue weighted by atomic mass is 16.3. The minimum Gasteiger partial charge on any atom is -0.466 e. The minimum absolute atomic E-state index is 0.296. The Kier molecular flexibility index (Phi) is 3.38. The fourth-order valence-electron chi connectivity index (χ4n) is 1.71. The monoisotopic (exact) mass is 195 g/mol. The van der Waals surface area contributed by atoms with Gasteiger partial charge >= 0.3 is 0 Å². The summed E-state index contributed by atoms with van der Waals surface area (Å²) < 4.78 is 5.60. The predicted molar refractivity (Wildman–Crippen MR) is 59.3 cm³/mol. The maximum Gasteiger partial charge on any atom is 0.108 e. The SMILES string of the molecule is Cc1ccc(C(CN)CC(C)(C)C)o1. The van der Waals surface area contributed by atoms with E-state index in [1.807, 2.05) is 19.1 Å². The van der Waals surface area contributed by atoms with Crippen LogP contribution < -0.4 is 5.73 Å². The Labute approximate surface area is 86.5 Å². The van der Waals surface area contributed by atoms with E-state index in [0.29, 0.717) is 17.9 Å². The summed E-state index contributed by atoms with van der Waals surface area (Å²) in [7, 11) is 0. The van der Waals surface area contributed by atoms with E-state index in [2.05, 4.69) is 20.8 Å². The van der Waals surface area contributed by atoms with E-state index in [1.54, 1.807) is 0 Å². The van der Waals surface area contributed by atoms with Crippen molar-refractivity contribution in [1.29, 1.82) is 0 Å². The van der Waals surface area contributed by atoms with Gasteiger partial charge in [-0.2, -0.15) is 0 Å². The molecule has 1 aromatic heterocycles. The van der Waals surface area contributed by atoms with E-state index in [0.717, 1.165) is 17.9 Å². The topological polar surface area (TPSA) is 39.2 Å². The second-order valence-corrected chi connectivity index (χ2v) is 5.15. The van der Waals surface area contributed by atoms with Gasteiger partial charge < -0.3 is 10.2 Å². The third-order valence-corrected chi connectivity index (χ3v) is 2.31. The lowest BCUT2D eigenvalue weighted by Gasteiger charge is -2.23. The van der Waals surface area contributed by atoms with Gasteiger partial charge in [0.05, 0.1) is 0 Å². The van der Waals surface area contributed by atoms with Crippen molar-refractivity contribution in [3.63, 3.8) is 0 Å². The van der Waals surface area contributed by atoms with Gasteiger partial charge in [-0.05, 0) is 30.9 Å². The van der Waals surface area contributed by atoms with Crippen LogP contribution >= 0.6 is 0 Å². The maximum atomic E-state index is 5.76. The first-order valence-electron chi connectivity index (χ1n) is 5.19. The highest BCUT2D eigenvalue weighted by Crippen LogP contribution is 2.31. The molecule has 2 nitrogen and oxygen atoms in total. The minimum atomic E-state index is 0.296. The number of hydrogen-bond donors (Lipinski definition) is 1. The molecule has 0 aromatic carbocycles. The summed E-state index contributed by atoms with van der Waals surface area (Å²) in [5, 5.41) is 0. The van der Waals surface area contributed by atoms with Gasteiger partial charge in [-0.15, -0.1) is 0 Å². The van der Waals surface area contributed by atoms with Crippen LogP contribution in [-0.2, 0) is 0 Å². The van der Waals surface area contributed by atoms with Crippen molar-refractivity contribution in [2.45, 2.75) is 40.0 Å². The fourth-order valence-corrected chi connectivity index (χ4v) is 1.71. The highest BCUT2D eigenvalue weighted by molar-refractivity contribution is 5.11. The zero-order valence-electron chi connectivity index (χ0n) is 9.63. The average Bonchev–Trinajstić information content (AvgIpc) is 2.46. The molecular weight excluding hydrogens is 174 g/mol. The molecular formula is C12H21NO. The largest absolute Gasteiger partial charge is 0.466 e. The van der Waals surface area contributed by atoms with Gasteiger partial charge in [0.15, 0.2) is 0 Å².